The van der Waals surface area contributed by atoms with Crippen molar-refractivity contribution in [2.45, 2.75) is 0 Å². The third-order valence-electron chi connectivity index (χ3n) is 1.49. The zero-order valence-corrected chi connectivity index (χ0v) is 6.42. The molecular weight excluding hydrogens is 164 g/mol. The second-order valence-corrected chi connectivity index (χ2v) is 2.14. The fourth-order valence-corrected chi connectivity index (χ4v) is 0.996. The molecule has 1 aromatic heterocycles. The van der Waals surface area contributed by atoms with Crippen molar-refractivity contribution in [3.8, 4) is 0 Å². The van der Waals surface area contributed by atoms with Gasteiger partial charge in [0.15, 0.2) is 5.52 Å². The summed E-state index contributed by atoms with van der Waals surface area (Å²) in [5.74, 6) is 0. The van der Waals surface area contributed by atoms with Gasteiger partial charge in [-0.05, 0) is 16.9 Å². The average molecular weight is 171 g/mol. The lowest BCUT2D eigenvalue weighted by molar-refractivity contribution is -0.884. The molecule has 0 fully saturated rings. The Morgan fingerprint density at radius 1 is 1.27 bits per heavy atom. The van der Waals surface area contributed by atoms with Crippen LogP contribution in [0.1, 0.15) is 0 Å². The minimum atomic E-state index is 0. The molecule has 0 aliphatic rings. The van der Waals surface area contributed by atoms with E-state index in [2.05, 4.69) is 4.98 Å². The summed E-state index contributed by atoms with van der Waals surface area (Å²) < 4.78 is 1.06. The molecule has 4 heteroatoms. The third-order valence-corrected chi connectivity index (χ3v) is 1.49. The number of hydrogen-bond acceptors (Lipinski definition) is 1. The summed E-state index contributed by atoms with van der Waals surface area (Å²) >= 11 is 0. The van der Waals surface area contributed by atoms with Crippen molar-refractivity contribution in [3.63, 3.8) is 0 Å². The molecule has 0 aliphatic carbocycles. The van der Waals surface area contributed by atoms with Gasteiger partial charge >= 0.3 is 0 Å². The zero-order valence-electron chi connectivity index (χ0n) is 5.66. The fourth-order valence-electron chi connectivity index (χ4n) is 0.996. The molecule has 0 saturated heterocycles. The maximum absolute atomic E-state index is 9.10. The van der Waals surface area contributed by atoms with Crippen LogP contribution in [0, 0.1) is 0 Å². The lowest BCUT2D eigenvalue weighted by Crippen LogP contribution is -3.00. The van der Waals surface area contributed by atoms with Crippen LogP contribution in [0.5, 0.6) is 0 Å². The van der Waals surface area contributed by atoms with Crippen LogP contribution in [-0.4, -0.2) is 10.2 Å². The van der Waals surface area contributed by atoms with Gasteiger partial charge in [0.1, 0.15) is 0 Å². The van der Waals surface area contributed by atoms with Gasteiger partial charge in [-0.15, -0.1) is 0 Å². The standard InChI is InChI=1S/C7H6N2O.ClH/c10-9-5-8-6-3-1-2-4-7(6)9;/h1-5,10H;1H. The summed E-state index contributed by atoms with van der Waals surface area (Å²) in [6.07, 6.45) is 1.50. The highest BCUT2D eigenvalue weighted by molar-refractivity contribution is 5.70. The number of aromatic nitrogens is 2. The Bertz CT molecular complexity index is 358. The lowest BCUT2D eigenvalue weighted by Gasteiger charge is -1.80. The molecule has 1 heterocycles. The van der Waals surface area contributed by atoms with Crippen molar-refractivity contribution in [1.29, 1.82) is 0 Å². The van der Waals surface area contributed by atoms with Crippen LogP contribution in [0.2, 0.25) is 0 Å². The summed E-state index contributed by atoms with van der Waals surface area (Å²) in [6.45, 7) is 0. The summed E-state index contributed by atoms with van der Waals surface area (Å²) in [4.78, 5) is 2.90. The van der Waals surface area contributed by atoms with E-state index in [9.17, 15) is 0 Å². The molecule has 0 unspecified atom stereocenters. The van der Waals surface area contributed by atoms with E-state index in [0.717, 1.165) is 15.8 Å². The van der Waals surface area contributed by atoms with Crippen LogP contribution in [0.3, 0.4) is 0 Å². The van der Waals surface area contributed by atoms with Crippen molar-refractivity contribution in [2.24, 2.45) is 0 Å². The number of halogens is 1. The minimum Gasteiger partial charge on any atom is -1.00 e. The van der Waals surface area contributed by atoms with Gasteiger partial charge in [0.25, 0.3) is 6.33 Å². The van der Waals surface area contributed by atoms with Crippen LogP contribution in [0.15, 0.2) is 30.6 Å². The molecule has 0 saturated carbocycles. The number of rotatable bonds is 0. The van der Waals surface area contributed by atoms with Gasteiger partial charge in [0, 0.05) is 0 Å². The van der Waals surface area contributed by atoms with E-state index in [1.54, 1.807) is 0 Å². The van der Waals surface area contributed by atoms with E-state index in [-0.39, 0.29) is 12.4 Å². The third kappa shape index (κ3) is 1.14. The Morgan fingerprint density at radius 3 is 2.73 bits per heavy atom. The predicted octanol–water partition coefficient (Wildman–Crippen LogP) is -2.30. The number of nitrogens with one attached hydrogen (secondary N) is 1. The number of para-hydroxylation sites is 2. The highest BCUT2D eigenvalue weighted by atomic mass is 35.5. The Morgan fingerprint density at radius 2 is 2.00 bits per heavy atom. The number of fused-ring (bicyclic) bond motifs is 1. The molecule has 0 spiro atoms. The van der Waals surface area contributed by atoms with Gasteiger partial charge in [-0.2, -0.15) is 0 Å². The molecule has 0 atom stereocenters. The van der Waals surface area contributed by atoms with Gasteiger partial charge in [-0.1, -0.05) is 12.1 Å². The van der Waals surface area contributed by atoms with Gasteiger partial charge in [0.2, 0.25) is 5.52 Å². The van der Waals surface area contributed by atoms with Crippen molar-refractivity contribution in [2.75, 3.05) is 0 Å². The molecule has 3 nitrogen and oxygen atoms in total. The van der Waals surface area contributed by atoms with Crippen molar-refractivity contribution >= 4 is 11.0 Å². The monoisotopic (exact) mass is 170 g/mol. The van der Waals surface area contributed by atoms with Crippen LogP contribution >= 0.6 is 0 Å². The maximum Gasteiger partial charge on any atom is 0.283 e. The molecule has 2 aromatic rings. The first-order valence-electron chi connectivity index (χ1n) is 3.05. The Hall–Kier alpha value is -1.22. The number of benzene rings is 1. The Balaban J connectivity index is 0.000000605. The van der Waals surface area contributed by atoms with Gasteiger partial charge in [0.05, 0.1) is 0 Å². The molecule has 0 aliphatic heterocycles. The van der Waals surface area contributed by atoms with Gasteiger partial charge in [-0.25, -0.2) is 4.98 Å². The van der Waals surface area contributed by atoms with Crippen LogP contribution in [0.25, 0.3) is 11.0 Å². The normalized spacial score (nSPS) is 9.45. The number of imidazole rings is 1. The smallest absolute Gasteiger partial charge is 0.283 e. The van der Waals surface area contributed by atoms with E-state index in [1.165, 1.54) is 6.33 Å². The predicted molar refractivity (Wildman–Crippen MR) is 35.7 cm³/mol. The molecule has 11 heavy (non-hydrogen) atoms. The quantitative estimate of drug-likeness (QED) is 0.339. The zero-order chi connectivity index (χ0) is 6.97. The highest BCUT2D eigenvalue weighted by Crippen LogP contribution is 2.03. The average Bonchev–Trinajstić information content (AvgIpc) is 2.34. The summed E-state index contributed by atoms with van der Waals surface area (Å²) in [5, 5.41) is 9.10. The summed E-state index contributed by atoms with van der Waals surface area (Å²) in [6, 6.07) is 7.54. The lowest BCUT2D eigenvalue weighted by atomic mass is 10.3. The summed E-state index contributed by atoms with van der Waals surface area (Å²) in [7, 11) is 0. The molecule has 0 radical (unpaired) electrons. The van der Waals surface area contributed by atoms with Gasteiger partial charge < -0.3 is 17.6 Å². The second kappa shape index (κ2) is 2.80. The van der Waals surface area contributed by atoms with E-state index in [4.69, 9.17) is 5.21 Å². The molecular formula is C7H7ClN2O. The van der Waals surface area contributed by atoms with Crippen molar-refractivity contribution in [1.82, 2.24) is 4.98 Å². The largest absolute Gasteiger partial charge is 1.00 e. The van der Waals surface area contributed by atoms with E-state index >= 15 is 0 Å². The molecule has 58 valence electrons. The van der Waals surface area contributed by atoms with Crippen molar-refractivity contribution < 1.29 is 22.3 Å². The van der Waals surface area contributed by atoms with E-state index in [0.29, 0.717) is 0 Å². The number of aromatic amines is 1. The Labute approximate surface area is 69.7 Å². The molecule has 2 N–H and O–H groups in total. The molecule has 0 bridgehead atoms. The molecule has 1 aromatic carbocycles. The van der Waals surface area contributed by atoms with Crippen LogP contribution < -0.4 is 17.1 Å². The maximum atomic E-state index is 9.10. The van der Waals surface area contributed by atoms with Crippen LogP contribution in [-0.2, 0) is 0 Å². The Kier molecular flexibility index (Phi) is 2.01. The first-order chi connectivity index (χ1) is 4.88. The first kappa shape index (κ1) is 7.88. The number of H-pyrrole nitrogens is 1. The number of hydrogen-bond donors (Lipinski definition) is 2. The topological polar surface area (TPSA) is 39.9 Å². The molecule has 0 amide bonds. The van der Waals surface area contributed by atoms with Crippen molar-refractivity contribution in [3.05, 3.63) is 30.6 Å². The minimum absolute atomic E-state index is 0. The summed E-state index contributed by atoms with van der Waals surface area (Å²) in [5.41, 5.74) is 1.73. The van der Waals surface area contributed by atoms with Crippen LogP contribution in [0.4, 0.5) is 0 Å². The SMILES string of the molecule is O[n+]1c[nH]c2ccccc21.[Cl-]. The highest BCUT2D eigenvalue weighted by Gasteiger charge is 2.04. The fraction of sp³-hybridized carbons (Fsp3) is 0. The molecule has 2 rings (SSSR count). The number of nitrogens with zero attached hydrogens (tertiary/aromatic N) is 1. The van der Waals surface area contributed by atoms with E-state index < -0.39 is 0 Å². The van der Waals surface area contributed by atoms with Gasteiger partial charge in [-0.3, -0.25) is 0 Å². The van der Waals surface area contributed by atoms with E-state index in [1.807, 2.05) is 24.3 Å². The first-order valence-corrected chi connectivity index (χ1v) is 3.05. The second-order valence-electron chi connectivity index (χ2n) is 2.14.